The molecular formula is C24H38O4. The Bertz CT molecular complexity index is 581. The van der Waals surface area contributed by atoms with Crippen LogP contribution in [0.15, 0.2) is 12.1 Å². The molecule has 0 fully saturated rings. The number of unbranched alkanes of at least 4 members (excludes halogenated alkanes) is 4. The zero-order valence-corrected chi connectivity index (χ0v) is 18.1. The fourth-order valence-corrected chi connectivity index (χ4v) is 3.95. The molecule has 0 aliphatic rings. The van der Waals surface area contributed by atoms with Gasteiger partial charge in [-0.25, -0.2) is 9.59 Å². The van der Waals surface area contributed by atoms with Gasteiger partial charge in [-0.3, -0.25) is 0 Å². The van der Waals surface area contributed by atoms with E-state index in [9.17, 15) is 19.8 Å². The number of benzene rings is 1. The predicted molar refractivity (Wildman–Crippen MR) is 114 cm³/mol. The topological polar surface area (TPSA) is 74.6 Å². The second-order valence-electron chi connectivity index (χ2n) is 8.34. The van der Waals surface area contributed by atoms with Gasteiger partial charge in [0.25, 0.3) is 0 Å². The Kier molecular flexibility index (Phi) is 10.9. The molecule has 0 bridgehead atoms. The first-order valence-corrected chi connectivity index (χ1v) is 10.9. The van der Waals surface area contributed by atoms with Crippen LogP contribution in [0.1, 0.15) is 111 Å². The maximum Gasteiger partial charge on any atom is 0.335 e. The summed E-state index contributed by atoms with van der Waals surface area (Å²) in [5.74, 6) is -1.26. The van der Waals surface area contributed by atoms with E-state index in [1.807, 2.05) is 0 Å². The summed E-state index contributed by atoms with van der Waals surface area (Å²) >= 11 is 0. The highest BCUT2D eigenvalue weighted by Gasteiger charge is 2.23. The van der Waals surface area contributed by atoms with Gasteiger partial charge in [0.1, 0.15) is 0 Å². The van der Waals surface area contributed by atoms with Gasteiger partial charge in [-0.2, -0.15) is 0 Å². The van der Waals surface area contributed by atoms with Gasteiger partial charge < -0.3 is 10.2 Å². The molecule has 0 radical (unpaired) electrons. The first-order chi connectivity index (χ1) is 13.3. The molecule has 1 rings (SSSR count). The standard InChI is InChI=1S/C24H38O4/c1-5-7-9-11-17(3)15-21-19(23(25)26)13-14-20(24(27)28)22(21)16-18(4)12-10-8-6-2/h13-14,17-18H,5-12,15-16H2,1-4H3,(H,25,26)(H,27,28). The molecule has 0 saturated carbocycles. The Hall–Kier alpha value is -1.84. The zero-order chi connectivity index (χ0) is 21.1. The lowest BCUT2D eigenvalue weighted by molar-refractivity contribution is 0.0678. The number of carboxylic acids is 2. The highest BCUT2D eigenvalue weighted by molar-refractivity contribution is 5.95. The highest BCUT2D eigenvalue weighted by atomic mass is 16.4. The van der Waals surface area contributed by atoms with E-state index in [4.69, 9.17) is 0 Å². The third-order valence-corrected chi connectivity index (χ3v) is 5.60. The lowest BCUT2D eigenvalue weighted by Crippen LogP contribution is -2.16. The smallest absolute Gasteiger partial charge is 0.335 e. The average molecular weight is 391 g/mol. The first-order valence-electron chi connectivity index (χ1n) is 10.9. The molecule has 0 amide bonds. The van der Waals surface area contributed by atoms with Crippen molar-refractivity contribution in [3.8, 4) is 0 Å². The quantitative estimate of drug-likeness (QED) is 0.351. The van der Waals surface area contributed by atoms with E-state index in [0.717, 1.165) is 49.7 Å². The van der Waals surface area contributed by atoms with Crippen LogP contribution in [-0.4, -0.2) is 22.2 Å². The summed E-state index contributed by atoms with van der Waals surface area (Å²) in [6.45, 7) is 8.62. The molecule has 28 heavy (non-hydrogen) atoms. The predicted octanol–water partition coefficient (Wildman–Crippen LogP) is 6.60. The molecule has 0 aliphatic heterocycles. The monoisotopic (exact) mass is 390 g/mol. The minimum atomic E-state index is -0.965. The Morgan fingerprint density at radius 2 is 1.11 bits per heavy atom. The van der Waals surface area contributed by atoms with Crippen LogP contribution >= 0.6 is 0 Å². The summed E-state index contributed by atoms with van der Waals surface area (Å²) in [5, 5.41) is 19.4. The first kappa shape index (κ1) is 24.2. The van der Waals surface area contributed by atoms with Crippen molar-refractivity contribution in [2.24, 2.45) is 11.8 Å². The third-order valence-electron chi connectivity index (χ3n) is 5.60. The van der Waals surface area contributed by atoms with Gasteiger partial charge in [-0.1, -0.05) is 79.1 Å². The van der Waals surface area contributed by atoms with Crippen molar-refractivity contribution in [1.82, 2.24) is 0 Å². The molecule has 1 aromatic carbocycles. The molecular weight excluding hydrogens is 352 g/mol. The van der Waals surface area contributed by atoms with E-state index in [-0.39, 0.29) is 11.1 Å². The van der Waals surface area contributed by atoms with Gasteiger partial charge in [0.15, 0.2) is 0 Å². The highest BCUT2D eigenvalue weighted by Crippen LogP contribution is 2.28. The Morgan fingerprint density at radius 1 is 0.750 bits per heavy atom. The van der Waals surface area contributed by atoms with Gasteiger partial charge in [0.2, 0.25) is 0 Å². The second-order valence-corrected chi connectivity index (χ2v) is 8.34. The zero-order valence-electron chi connectivity index (χ0n) is 18.1. The SMILES string of the molecule is CCCCCC(C)Cc1c(C(=O)O)ccc(C(=O)O)c1CC(C)CCCCC. The van der Waals surface area contributed by atoms with E-state index in [1.54, 1.807) is 0 Å². The van der Waals surface area contributed by atoms with Gasteiger partial charge in [0.05, 0.1) is 11.1 Å². The van der Waals surface area contributed by atoms with E-state index < -0.39 is 11.9 Å². The van der Waals surface area contributed by atoms with E-state index in [2.05, 4.69) is 27.7 Å². The summed E-state index contributed by atoms with van der Waals surface area (Å²) in [5.41, 5.74) is 2.00. The summed E-state index contributed by atoms with van der Waals surface area (Å²) in [4.78, 5) is 23.7. The van der Waals surface area contributed by atoms with E-state index >= 15 is 0 Å². The van der Waals surface area contributed by atoms with Gasteiger partial charge in [-0.05, 0) is 47.9 Å². The molecule has 1 aromatic rings. The Morgan fingerprint density at radius 3 is 1.39 bits per heavy atom. The van der Waals surface area contributed by atoms with Gasteiger partial charge >= 0.3 is 11.9 Å². The van der Waals surface area contributed by atoms with Crippen molar-refractivity contribution in [1.29, 1.82) is 0 Å². The van der Waals surface area contributed by atoms with Crippen molar-refractivity contribution >= 4 is 11.9 Å². The van der Waals surface area contributed by atoms with Crippen LogP contribution in [0, 0.1) is 11.8 Å². The van der Waals surface area contributed by atoms with Crippen LogP contribution < -0.4 is 0 Å². The van der Waals surface area contributed by atoms with E-state index in [1.165, 1.54) is 25.0 Å². The minimum Gasteiger partial charge on any atom is -0.478 e. The minimum absolute atomic E-state index is 0.267. The van der Waals surface area contributed by atoms with E-state index in [0.29, 0.717) is 24.7 Å². The van der Waals surface area contributed by atoms with Crippen LogP contribution in [0.4, 0.5) is 0 Å². The van der Waals surface area contributed by atoms with Crippen molar-refractivity contribution in [2.75, 3.05) is 0 Å². The van der Waals surface area contributed by atoms with Gasteiger partial charge in [-0.15, -0.1) is 0 Å². The fraction of sp³-hybridized carbons (Fsp3) is 0.667. The molecule has 0 aliphatic carbocycles. The third kappa shape index (κ3) is 7.65. The number of carbonyl (C=O) groups is 2. The largest absolute Gasteiger partial charge is 0.478 e. The number of rotatable bonds is 14. The van der Waals surface area contributed by atoms with Crippen LogP contribution in [0.25, 0.3) is 0 Å². The Balaban J connectivity index is 3.20. The maximum absolute atomic E-state index is 11.8. The van der Waals surface area contributed by atoms with Crippen LogP contribution in [-0.2, 0) is 12.8 Å². The second kappa shape index (κ2) is 12.6. The average Bonchev–Trinajstić information content (AvgIpc) is 2.62. The van der Waals surface area contributed by atoms with Gasteiger partial charge in [0, 0.05) is 0 Å². The molecule has 0 spiro atoms. The number of carboxylic acid groups (broad SMARTS) is 2. The lowest BCUT2D eigenvalue weighted by atomic mass is 9.83. The summed E-state index contributed by atoms with van der Waals surface area (Å²) in [6.07, 6.45) is 10.2. The summed E-state index contributed by atoms with van der Waals surface area (Å²) < 4.78 is 0. The van der Waals surface area contributed by atoms with Crippen LogP contribution in [0.3, 0.4) is 0 Å². The van der Waals surface area contributed by atoms with Crippen molar-refractivity contribution in [2.45, 2.75) is 91.9 Å². The maximum atomic E-state index is 11.8. The number of aromatic carboxylic acids is 2. The van der Waals surface area contributed by atoms with Crippen LogP contribution in [0.2, 0.25) is 0 Å². The fourth-order valence-electron chi connectivity index (χ4n) is 3.95. The lowest BCUT2D eigenvalue weighted by Gasteiger charge is -2.21. The summed E-state index contributed by atoms with van der Waals surface area (Å²) in [6, 6.07) is 2.95. The van der Waals surface area contributed by atoms with Crippen molar-refractivity contribution in [3.05, 3.63) is 34.4 Å². The van der Waals surface area contributed by atoms with Crippen molar-refractivity contribution < 1.29 is 19.8 Å². The molecule has 0 saturated heterocycles. The molecule has 4 nitrogen and oxygen atoms in total. The van der Waals surface area contributed by atoms with Crippen molar-refractivity contribution in [3.63, 3.8) is 0 Å². The normalized spacial score (nSPS) is 13.3. The number of hydrogen-bond acceptors (Lipinski definition) is 2. The molecule has 2 N–H and O–H groups in total. The number of hydrogen-bond donors (Lipinski definition) is 2. The molecule has 2 unspecified atom stereocenters. The molecule has 2 atom stereocenters. The molecule has 158 valence electrons. The molecule has 0 aromatic heterocycles. The Labute approximate surface area is 170 Å². The van der Waals surface area contributed by atoms with Crippen LogP contribution in [0.5, 0.6) is 0 Å². The molecule has 0 heterocycles. The summed E-state index contributed by atoms with van der Waals surface area (Å²) in [7, 11) is 0. The molecule has 4 heteroatoms.